The van der Waals surface area contributed by atoms with Crippen molar-refractivity contribution in [2.24, 2.45) is 5.16 Å². The number of rotatable bonds is 5. The Hall–Kier alpha value is -2.08. The molecule has 20 heavy (non-hydrogen) atoms. The summed E-state index contributed by atoms with van der Waals surface area (Å²) in [6.07, 6.45) is -0.327. The smallest absolute Gasteiger partial charge is 0.264 e. The summed E-state index contributed by atoms with van der Waals surface area (Å²) >= 11 is 0. The Morgan fingerprint density at radius 3 is 3.05 bits per heavy atom. The van der Waals surface area contributed by atoms with Crippen LogP contribution in [0.4, 0.5) is 0 Å². The molecule has 1 aromatic rings. The van der Waals surface area contributed by atoms with Gasteiger partial charge in [0.05, 0.1) is 12.3 Å². The molecule has 1 aliphatic heterocycles. The zero-order valence-electron chi connectivity index (χ0n) is 11.5. The molecule has 108 valence electrons. The molecule has 0 saturated heterocycles. The van der Waals surface area contributed by atoms with Gasteiger partial charge < -0.3 is 20.0 Å². The van der Waals surface area contributed by atoms with Crippen molar-refractivity contribution in [1.82, 2.24) is 5.32 Å². The van der Waals surface area contributed by atoms with Gasteiger partial charge in [-0.1, -0.05) is 17.3 Å². The van der Waals surface area contributed by atoms with Crippen molar-refractivity contribution in [2.75, 3.05) is 13.7 Å². The number of carbonyl (C=O) groups is 1. The van der Waals surface area contributed by atoms with E-state index in [2.05, 4.69) is 10.5 Å². The van der Waals surface area contributed by atoms with Crippen LogP contribution in [0.25, 0.3) is 0 Å². The lowest BCUT2D eigenvalue weighted by Crippen LogP contribution is -2.42. The van der Waals surface area contributed by atoms with Crippen molar-refractivity contribution >= 4 is 11.6 Å². The van der Waals surface area contributed by atoms with Crippen LogP contribution in [0.1, 0.15) is 18.9 Å². The molecular formula is C14H18N2O4. The number of hydrogen-bond donors (Lipinski definition) is 2. The summed E-state index contributed by atoms with van der Waals surface area (Å²) in [5.74, 6) is -0.104. The second-order valence-electron chi connectivity index (χ2n) is 4.72. The lowest BCUT2D eigenvalue weighted by atomic mass is 10.0. The number of nitrogens with zero attached hydrogens (tertiary/aromatic N) is 1. The van der Waals surface area contributed by atoms with E-state index in [9.17, 15) is 9.90 Å². The highest BCUT2D eigenvalue weighted by molar-refractivity contribution is 6.05. The van der Waals surface area contributed by atoms with Gasteiger partial charge in [0.2, 0.25) is 6.10 Å². The van der Waals surface area contributed by atoms with Crippen molar-refractivity contribution in [3.63, 3.8) is 0 Å². The van der Waals surface area contributed by atoms with Crippen LogP contribution in [0.5, 0.6) is 5.75 Å². The molecular weight excluding hydrogens is 260 g/mol. The van der Waals surface area contributed by atoms with Gasteiger partial charge >= 0.3 is 0 Å². The van der Waals surface area contributed by atoms with Crippen molar-refractivity contribution < 1.29 is 19.5 Å². The van der Waals surface area contributed by atoms with Crippen LogP contribution in [0.2, 0.25) is 0 Å². The van der Waals surface area contributed by atoms with Gasteiger partial charge in [-0.15, -0.1) is 0 Å². The van der Waals surface area contributed by atoms with Gasteiger partial charge in [0, 0.05) is 25.1 Å². The first kappa shape index (κ1) is 14.3. The molecule has 0 unspecified atom stereocenters. The Morgan fingerprint density at radius 2 is 2.35 bits per heavy atom. The van der Waals surface area contributed by atoms with Gasteiger partial charge in [-0.25, -0.2) is 0 Å². The molecule has 0 fully saturated rings. The molecule has 1 aromatic carbocycles. The zero-order chi connectivity index (χ0) is 14.5. The van der Waals surface area contributed by atoms with E-state index in [4.69, 9.17) is 9.57 Å². The monoisotopic (exact) mass is 278 g/mol. The van der Waals surface area contributed by atoms with Crippen LogP contribution in [0.15, 0.2) is 29.4 Å². The molecule has 0 aromatic heterocycles. The average Bonchev–Trinajstić information content (AvgIpc) is 2.89. The van der Waals surface area contributed by atoms with Crippen LogP contribution in [-0.2, 0) is 14.4 Å². The number of para-hydroxylation sites is 1. The number of benzene rings is 1. The first-order valence-corrected chi connectivity index (χ1v) is 6.42. The fourth-order valence-electron chi connectivity index (χ4n) is 2.02. The number of phenols is 1. The number of phenolic OH excluding ortho intramolecular Hbond substituents is 1. The highest BCUT2D eigenvalue weighted by Gasteiger charge is 2.30. The summed E-state index contributed by atoms with van der Waals surface area (Å²) in [6.45, 7) is 2.28. The normalized spacial score (nSPS) is 19.1. The van der Waals surface area contributed by atoms with Crippen molar-refractivity contribution in [3.8, 4) is 5.75 Å². The summed E-state index contributed by atoms with van der Waals surface area (Å²) in [7, 11) is 1.58. The molecule has 1 heterocycles. The minimum absolute atomic E-state index is 0.0923. The summed E-state index contributed by atoms with van der Waals surface area (Å²) in [5.41, 5.74) is 1.16. The number of oxime groups is 1. The first-order chi connectivity index (χ1) is 9.61. The van der Waals surface area contributed by atoms with E-state index in [1.807, 2.05) is 6.92 Å². The quantitative estimate of drug-likeness (QED) is 0.843. The Balaban J connectivity index is 1.95. The summed E-state index contributed by atoms with van der Waals surface area (Å²) in [4.78, 5) is 17.1. The fourth-order valence-corrected chi connectivity index (χ4v) is 2.02. The minimum Gasteiger partial charge on any atom is -0.507 e. The van der Waals surface area contributed by atoms with Crippen LogP contribution in [-0.4, -0.2) is 42.6 Å². The van der Waals surface area contributed by atoms with E-state index >= 15 is 0 Å². The van der Waals surface area contributed by atoms with E-state index in [1.54, 1.807) is 31.4 Å². The molecule has 0 saturated carbocycles. The van der Waals surface area contributed by atoms with E-state index in [0.29, 0.717) is 24.3 Å². The first-order valence-electron chi connectivity index (χ1n) is 6.42. The molecule has 0 radical (unpaired) electrons. The maximum absolute atomic E-state index is 12.0. The van der Waals surface area contributed by atoms with E-state index in [0.717, 1.165) is 0 Å². The molecule has 6 heteroatoms. The molecule has 2 rings (SSSR count). The minimum atomic E-state index is -0.663. The van der Waals surface area contributed by atoms with Gasteiger partial charge in [0.15, 0.2) is 0 Å². The van der Waals surface area contributed by atoms with E-state index in [-0.39, 0.29) is 17.7 Å². The third-order valence-electron chi connectivity index (χ3n) is 2.98. The maximum Gasteiger partial charge on any atom is 0.264 e. The second-order valence-corrected chi connectivity index (χ2v) is 4.72. The number of carbonyl (C=O) groups excluding carboxylic acids is 1. The van der Waals surface area contributed by atoms with Gasteiger partial charge in [-0.2, -0.15) is 0 Å². The topological polar surface area (TPSA) is 80.2 Å². The molecule has 0 spiro atoms. The summed E-state index contributed by atoms with van der Waals surface area (Å²) in [5, 5.41) is 16.4. The fraction of sp³-hybridized carbons (Fsp3) is 0.429. The Kier molecular flexibility index (Phi) is 4.57. The third-order valence-corrected chi connectivity index (χ3v) is 2.98. The molecule has 6 nitrogen and oxygen atoms in total. The standard InChI is InChI=1S/C14H18N2O4/c1-9(8-19-2)15-14(18)13-7-11(16-20-13)10-5-3-4-6-12(10)17/h3-6,9,13,17H,7-8H2,1-2H3,(H,15,18)/t9-,13+/m1/s1. The number of hydrogen-bond acceptors (Lipinski definition) is 5. The molecule has 0 bridgehead atoms. The van der Waals surface area contributed by atoms with E-state index in [1.165, 1.54) is 0 Å². The lowest BCUT2D eigenvalue weighted by Gasteiger charge is -2.15. The molecule has 1 amide bonds. The number of ether oxygens (including phenoxy) is 1. The molecule has 2 atom stereocenters. The van der Waals surface area contributed by atoms with Gasteiger partial charge in [-0.3, -0.25) is 4.79 Å². The Bertz CT molecular complexity index is 516. The lowest BCUT2D eigenvalue weighted by molar-refractivity contribution is -0.132. The van der Waals surface area contributed by atoms with Crippen LogP contribution >= 0.6 is 0 Å². The maximum atomic E-state index is 12.0. The van der Waals surface area contributed by atoms with Gasteiger partial charge in [-0.05, 0) is 19.1 Å². The van der Waals surface area contributed by atoms with Crippen molar-refractivity contribution in [1.29, 1.82) is 0 Å². The van der Waals surface area contributed by atoms with Crippen LogP contribution in [0.3, 0.4) is 0 Å². The van der Waals surface area contributed by atoms with Crippen LogP contribution in [0, 0.1) is 0 Å². The second kappa shape index (κ2) is 6.38. The third kappa shape index (κ3) is 3.27. The summed E-state index contributed by atoms with van der Waals surface area (Å²) in [6, 6.07) is 6.75. The van der Waals surface area contributed by atoms with Crippen molar-refractivity contribution in [3.05, 3.63) is 29.8 Å². The van der Waals surface area contributed by atoms with Gasteiger partial charge in [0.25, 0.3) is 5.91 Å². The molecule has 1 aliphatic rings. The molecule has 0 aliphatic carbocycles. The largest absolute Gasteiger partial charge is 0.507 e. The number of aromatic hydroxyl groups is 1. The summed E-state index contributed by atoms with van der Waals surface area (Å²) < 4.78 is 4.96. The highest BCUT2D eigenvalue weighted by atomic mass is 16.6. The Labute approximate surface area is 117 Å². The zero-order valence-corrected chi connectivity index (χ0v) is 11.5. The highest BCUT2D eigenvalue weighted by Crippen LogP contribution is 2.23. The average molecular weight is 278 g/mol. The number of methoxy groups -OCH3 is 1. The van der Waals surface area contributed by atoms with Crippen molar-refractivity contribution in [2.45, 2.75) is 25.5 Å². The predicted octanol–water partition coefficient (Wildman–Crippen LogP) is 1.04. The van der Waals surface area contributed by atoms with Gasteiger partial charge in [0.1, 0.15) is 5.75 Å². The van der Waals surface area contributed by atoms with E-state index < -0.39 is 6.10 Å². The SMILES string of the molecule is COC[C@@H](C)NC(=O)[C@@H]1CC(c2ccccc2O)=NO1. The predicted molar refractivity (Wildman–Crippen MR) is 73.6 cm³/mol. The number of nitrogens with one attached hydrogen (secondary N) is 1. The molecule has 2 N–H and O–H groups in total. The number of amides is 1. The van der Waals surface area contributed by atoms with Crippen LogP contribution < -0.4 is 5.32 Å². The Morgan fingerprint density at radius 1 is 1.60 bits per heavy atom.